The van der Waals surface area contributed by atoms with Gasteiger partial charge in [-0.05, 0) is 31.6 Å². The van der Waals surface area contributed by atoms with E-state index in [4.69, 9.17) is 16.3 Å². The van der Waals surface area contributed by atoms with Crippen molar-refractivity contribution in [3.63, 3.8) is 0 Å². The van der Waals surface area contributed by atoms with E-state index in [0.717, 1.165) is 23.1 Å². The molecule has 1 heterocycles. The molecule has 256 valence electrons. The van der Waals surface area contributed by atoms with Gasteiger partial charge >= 0.3 is 11.9 Å². The molecule has 46 heavy (non-hydrogen) atoms. The molecule has 0 spiro atoms. The van der Waals surface area contributed by atoms with Crippen LogP contribution in [0.2, 0.25) is 0 Å². The van der Waals surface area contributed by atoms with Crippen molar-refractivity contribution in [3.05, 3.63) is 57.1 Å². The van der Waals surface area contributed by atoms with Crippen LogP contribution in [0.1, 0.15) is 94.2 Å². The summed E-state index contributed by atoms with van der Waals surface area (Å²) in [5.41, 5.74) is 6.05. The van der Waals surface area contributed by atoms with Crippen LogP contribution in [0.4, 0.5) is 22.0 Å². The Kier molecular flexibility index (Phi) is 14.8. The number of amides is 1. The Hall–Kier alpha value is -3.79. The van der Waals surface area contributed by atoms with Crippen LogP contribution in [0.15, 0.2) is 17.3 Å². The fourth-order valence-corrected chi connectivity index (χ4v) is 5.44. The molecule has 0 radical (unpaired) electrons. The van der Waals surface area contributed by atoms with Crippen molar-refractivity contribution in [2.75, 3.05) is 13.6 Å². The van der Waals surface area contributed by atoms with Gasteiger partial charge in [0.2, 0.25) is 40.7 Å². The van der Waals surface area contributed by atoms with E-state index in [1.165, 1.54) is 11.9 Å². The molecule has 1 aromatic carbocycles. The molecule has 0 saturated carbocycles. The maximum Gasteiger partial charge on any atom is 0.363 e. The average Bonchev–Trinajstić information content (AvgIpc) is 3.48. The van der Waals surface area contributed by atoms with E-state index in [-0.39, 0.29) is 23.3 Å². The lowest BCUT2D eigenvalue weighted by atomic mass is 9.95. The van der Waals surface area contributed by atoms with Crippen molar-refractivity contribution < 1.29 is 45.8 Å². The van der Waals surface area contributed by atoms with E-state index in [1.807, 2.05) is 20.8 Å². The largest absolute Gasteiger partial charge is 0.455 e. The number of rotatable bonds is 17. The number of carbonyl (C=O) groups excluding carboxylic acids is 3. The van der Waals surface area contributed by atoms with Crippen LogP contribution in [0, 0.1) is 35.0 Å². The molecule has 16 heteroatoms. The molecule has 2 rings (SSSR count). The molecule has 0 aliphatic carbocycles. The van der Waals surface area contributed by atoms with E-state index >= 15 is 0 Å². The number of ether oxygens (including phenoxy) is 2. The summed E-state index contributed by atoms with van der Waals surface area (Å²) in [6.45, 7) is 7.34. The highest BCUT2D eigenvalue weighted by atomic mass is 32.1. The van der Waals surface area contributed by atoms with Gasteiger partial charge in [-0.1, -0.05) is 27.2 Å². The summed E-state index contributed by atoms with van der Waals surface area (Å²) < 4.78 is 78.7. The predicted molar refractivity (Wildman–Crippen MR) is 160 cm³/mol. The minimum absolute atomic E-state index is 0.0847. The van der Waals surface area contributed by atoms with Crippen molar-refractivity contribution in [1.82, 2.24) is 14.9 Å². The lowest BCUT2D eigenvalue weighted by Gasteiger charge is -2.36. The van der Waals surface area contributed by atoms with Gasteiger partial charge in [0.05, 0.1) is 0 Å². The Labute approximate surface area is 268 Å². The summed E-state index contributed by atoms with van der Waals surface area (Å²) in [6.07, 6.45) is 4.28. The summed E-state index contributed by atoms with van der Waals surface area (Å²) in [5, 5.41) is 2.57. The van der Waals surface area contributed by atoms with Gasteiger partial charge in [-0.15, -0.1) is 11.3 Å². The highest BCUT2D eigenvalue weighted by Crippen LogP contribution is 2.33. The number of hydrogen-bond acceptors (Lipinski definition) is 10. The molecule has 0 fully saturated rings. The SMILES string of the molecule is CCCCC(=O)N(CCCC/C(N)=C/N(C)N)C(CC(OC(C)=O)c1nc(C(=O)Oc2c(F)c(F)c(F)c(F)c2F)cs1)C(C)C. The lowest BCUT2D eigenvalue weighted by molar-refractivity contribution is -0.148. The monoisotopic (exact) mass is 677 g/mol. The van der Waals surface area contributed by atoms with Gasteiger partial charge in [0, 0.05) is 56.7 Å². The third-order valence-corrected chi connectivity index (χ3v) is 7.79. The molecule has 0 saturated heterocycles. The quantitative estimate of drug-likeness (QED) is 0.0307. The topological polar surface area (TPSA) is 141 Å². The van der Waals surface area contributed by atoms with Crippen molar-refractivity contribution in [3.8, 4) is 5.75 Å². The average molecular weight is 678 g/mol. The van der Waals surface area contributed by atoms with Crippen molar-refractivity contribution in [2.24, 2.45) is 17.5 Å². The first kappa shape index (κ1) is 38.4. The molecule has 2 atom stereocenters. The summed E-state index contributed by atoms with van der Waals surface area (Å²) in [5.74, 6) is -10.2. The van der Waals surface area contributed by atoms with Gasteiger partial charge in [0.15, 0.2) is 11.8 Å². The van der Waals surface area contributed by atoms with Gasteiger partial charge in [-0.3, -0.25) is 9.59 Å². The molecule has 10 nitrogen and oxygen atoms in total. The van der Waals surface area contributed by atoms with Gasteiger partial charge in [0.25, 0.3) is 0 Å². The number of allylic oxidation sites excluding steroid dienone is 1. The third-order valence-electron chi connectivity index (χ3n) is 6.85. The molecule has 0 bridgehead atoms. The Balaban J connectivity index is 2.34. The number of hydrazine groups is 1. The standard InChI is InChI=1S/C30H40F5N5O5S/c1-6-7-11-22(42)40(12-9-8-10-18(36)14-39(5)37)20(16(2)3)13-21(44-17(4)41)29-38-19(15-46-29)30(43)45-28-26(34)24(32)23(31)25(33)27(28)35/h14-16,20-21H,6-13,36-37H2,1-5H3/b18-14-. The van der Waals surface area contributed by atoms with E-state index in [0.29, 0.717) is 44.3 Å². The highest BCUT2D eigenvalue weighted by Gasteiger charge is 2.33. The summed E-state index contributed by atoms with van der Waals surface area (Å²) >= 11 is 0.850. The summed E-state index contributed by atoms with van der Waals surface area (Å²) in [7, 11) is 1.65. The zero-order valence-corrected chi connectivity index (χ0v) is 27.2. The fraction of sp³-hybridized carbons (Fsp3) is 0.533. The van der Waals surface area contributed by atoms with Crippen LogP contribution >= 0.6 is 11.3 Å². The van der Waals surface area contributed by atoms with Crippen LogP contribution in [0.5, 0.6) is 5.75 Å². The van der Waals surface area contributed by atoms with Crippen LogP contribution < -0.4 is 16.3 Å². The number of carbonyl (C=O) groups is 3. The number of hydrogen-bond donors (Lipinski definition) is 2. The van der Waals surface area contributed by atoms with Crippen molar-refractivity contribution >= 4 is 29.2 Å². The molecule has 2 unspecified atom stereocenters. The first-order valence-electron chi connectivity index (χ1n) is 14.7. The number of unbranched alkanes of at least 4 members (excludes halogenated alkanes) is 2. The van der Waals surface area contributed by atoms with Crippen LogP contribution in [0.25, 0.3) is 0 Å². The van der Waals surface area contributed by atoms with Crippen molar-refractivity contribution in [2.45, 2.75) is 84.8 Å². The minimum atomic E-state index is -2.41. The number of thiazole rings is 1. The van der Waals surface area contributed by atoms with Crippen LogP contribution in [0.3, 0.4) is 0 Å². The number of aromatic nitrogens is 1. The maximum absolute atomic E-state index is 14.1. The third kappa shape index (κ3) is 10.6. The van der Waals surface area contributed by atoms with E-state index in [2.05, 4.69) is 9.72 Å². The molecule has 4 N–H and O–H groups in total. The van der Waals surface area contributed by atoms with Gasteiger partial charge in [-0.25, -0.2) is 28.8 Å². The van der Waals surface area contributed by atoms with Gasteiger partial charge < -0.3 is 25.1 Å². The Morgan fingerprint density at radius 3 is 2.15 bits per heavy atom. The second-order valence-electron chi connectivity index (χ2n) is 11.0. The van der Waals surface area contributed by atoms with Crippen molar-refractivity contribution in [1.29, 1.82) is 0 Å². The maximum atomic E-state index is 14.1. The van der Waals surface area contributed by atoms with Gasteiger partial charge in [0.1, 0.15) is 5.01 Å². The van der Waals surface area contributed by atoms with Crippen LogP contribution in [-0.4, -0.2) is 52.4 Å². The normalized spacial score (nSPS) is 13.0. The number of nitrogens with two attached hydrogens (primary N) is 2. The first-order chi connectivity index (χ1) is 21.6. The minimum Gasteiger partial charge on any atom is -0.455 e. The van der Waals surface area contributed by atoms with E-state index in [9.17, 15) is 36.3 Å². The molecule has 0 aliphatic heterocycles. The molecular formula is C30H40F5N5O5S. The smallest absolute Gasteiger partial charge is 0.363 e. The molecule has 2 aromatic rings. The molecular weight excluding hydrogens is 637 g/mol. The molecule has 1 aromatic heterocycles. The Bertz CT molecular complexity index is 1380. The number of halogens is 5. The molecule has 1 amide bonds. The fourth-order valence-electron chi connectivity index (χ4n) is 4.61. The highest BCUT2D eigenvalue weighted by molar-refractivity contribution is 7.09. The lowest BCUT2D eigenvalue weighted by Crippen LogP contribution is -2.45. The predicted octanol–water partition coefficient (Wildman–Crippen LogP) is 5.87. The van der Waals surface area contributed by atoms with E-state index < -0.39 is 64.6 Å². The number of esters is 2. The van der Waals surface area contributed by atoms with E-state index in [1.54, 1.807) is 18.1 Å². The molecule has 0 aliphatic rings. The Morgan fingerprint density at radius 1 is 1.00 bits per heavy atom. The zero-order valence-electron chi connectivity index (χ0n) is 26.4. The van der Waals surface area contributed by atoms with Crippen LogP contribution in [-0.2, 0) is 14.3 Å². The zero-order chi connectivity index (χ0) is 34.7. The second-order valence-corrected chi connectivity index (χ2v) is 11.9. The van der Waals surface area contributed by atoms with Gasteiger partial charge in [-0.2, -0.15) is 8.78 Å². The first-order valence-corrected chi connectivity index (χ1v) is 15.6. The summed E-state index contributed by atoms with van der Waals surface area (Å²) in [6, 6.07) is -0.440. The summed E-state index contributed by atoms with van der Waals surface area (Å²) in [4.78, 5) is 44.0. The second kappa shape index (κ2) is 17.8. The Morgan fingerprint density at radius 2 is 1.61 bits per heavy atom. The number of nitrogens with zero attached hydrogens (tertiary/aromatic N) is 3. The number of benzene rings is 1.